The fourth-order valence-electron chi connectivity index (χ4n) is 2.65. The second-order valence-electron chi connectivity index (χ2n) is 6.12. The van der Waals surface area contributed by atoms with Crippen LogP contribution < -0.4 is 5.32 Å². The quantitative estimate of drug-likeness (QED) is 0.837. The van der Waals surface area contributed by atoms with Gasteiger partial charge in [-0.1, -0.05) is 5.21 Å². The number of morpholine rings is 1. The lowest BCUT2D eigenvalue weighted by molar-refractivity contribution is -0.144. The maximum Gasteiger partial charge on any atom is 0.244 e. The lowest BCUT2D eigenvalue weighted by Gasteiger charge is -2.35. The highest BCUT2D eigenvalue weighted by Crippen LogP contribution is 2.18. The standard InChI is InChI=1S/C14H23N5O2/c1-10-6-18(7-11(2)21-10)14(20)9-19-8-13(16-17-19)5-15-12-3-4-12/h8,10-12,15H,3-7,9H2,1-2H3. The van der Waals surface area contributed by atoms with E-state index in [2.05, 4.69) is 15.6 Å². The zero-order chi connectivity index (χ0) is 14.8. The molecular formula is C14H23N5O2. The summed E-state index contributed by atoms with van der Waals surface area (Å²) in [7, 11) is 0. The molecule has 1 aliphatic carbocycles. The summed E-state index contributed by atoms with van der Waals surface area (Å²) in [4.78, 5) is 14.2. The minimum absolute atomic E-state index is 0.0728. The van der Waals surface area contributed by atoms with Crippen molar-refractivity contribution in [2.45, 2.75) is 58.0 Å². The number of amides is 1. The number of ether oxygens (including phenoxy) is 1. The van der Waals surface area contributed by atoms with Crippen LogP contribution in [-0.2, 0) is 22.6 Å². The summed E-state index contributed by atoms with van der Waals surface area (Å²) in [5, 5.41) is 11.5. The predicted molar refractivity (Wildman–Crippen MR) is 76.5 cm³/mol. The van der Waals surface area contributed by atoms with E-state index in [0.717, 1.165) is 12.2 Å². The van der Waals surface area contributed by atoms with Crippen LogP contribution in [0.4, 0.5) is 0 Å². The summed E-state index contributed by atoms with van der Waals surface area (Å²) >= 11 is 0. The van der Waals surface area contributed by atoms with E-state index in [1.807, 2.05) is 24.9 Å². The topological polar surface area (TPSA) is 72.3 Å². The van der Waals surface area contributed by atoms with Crippen LogP contribution in [0.3, 0.4) is 0 Å². The summed E-state index contributed by atoms with van der Waals surface area (Å²) in [5.41, 5.74) is 0.887. The van der Waals surface area contributed by atoms with Crippen LogP contribution in [-0.4, -0.2) is 57.1 Å². The summed E-state index contributed by atoms with van der Waals surface area (Å²) in [6, 6.07) is 0.646. The van der Waals surface area contributed by atoms with Crippen molar-refractivity contribution < 1.29 is 9.53 Å². The maximum absolute atomic E-state index is 12.3. The Bertz CT molecular complexity index is 489. The molecule has 0 aromatic carbocycles. The van der Waals surface area contributed by atoms with Crippen LogP contribution >= 0.6 is 0 Å². The van der Waals surface area contributed by atoms with Gasteiger partial charge in [0.2, 0.25) is 5.91 Å². The van der Waals surface area contributed by atoms with E-state index in [1.54, 1.807) is 4.68 Å². The molecule has 1 saturated heterocycles. The lowest BCUT2D eigenvalue weighted by Crippen LogP contribution is -2.49. The molecule has 0 radical (unpaired) electrons. The molecule has 3 rings (SSSR count). The highest BCUT2D eigenvalue weighted by Gasteiger charge is 2.26. The Morgan fingerprint density at radius 3 is 2.76 bits per heavy atom. The first-order chi connectivity index (χ1) is 10.1. The lowest BCUT2D eigenvalue weighted by atomic mass is 10.2. The maximum atomic E-state index is 12.3. The zero-order valence-corrected chi connectivity index (χ0v) is 12.7. The first-order valence-electron chi connectivity index (χ1n) is 7.66. The summed E-state index contributed by atoms with van der Waals surface area (Å²) in [6.07, 6.45) is 4.53. The average molecular weight is 293 g/mol. The van der Waals surface area contributed by atoms with Crippen molar-refractivity contribution >= 4 is 5.91 Å². The molecule has 2 unspecified atom stereocenters. The number of nitrogens with one attached hydrogen (secondary N) is 1. The second-order valence-corrected chi connectivity index (χ2v) is 6.12. The number of rotatable bonds is 5. The number of aromatic nitrogens is 3. The molecule has 0 bridgehead atoms. The van der Waals surface area contributed by atoms with E-state index in [-0.39, 0.29) is 24.7 Å². The van der Waals surface area contributed by atoms with E-state index >= 15 is 0 Å². The Balaban J connectivity index is 1.51. The molecule has 2 fully saturated rings. The van der Waals surface area contributed by atoms with Gasteiger partial charge in [-0.15, -0.1) is 5.10 Å². The zero-order valence-electron chi connectivity index (χ0n) is 12.7. The minimum atomic E-state index is 0.0728. The minimum Gasteiger partial charge on any atom is -0.372 e. The van der Waals surface area contributed by atoms with Gasteiger partial charge < -0.3 is 15.0 Å². The molecule has 2 aliphatic rings. The molecule has 2 heterocycles. The van der Waals surface area contributed by atoms with Gasteiger partial charge in [-0.05, 0) is 26.7 Å². The molecule has 1 saturated carbocycles. The van der Waals surface area contributed by atoms with Crippen LogP contribution in [0.2, 0.25) is 0 Å². The second kappa shape index (κ2) is 6.11. The first kappa shape index (κ1) is 14.5. The van der Waals surface area contributed by atoms with Gasteiger partial charge >= 0.3 is 0 Å². The molecule has 1 aromatic heterocycles. The third-order valence-electron chi connectivity index (χ3n) is 3.80. The van der Waals surface area contributed by atoms with Crippen LogP contribution in [0, 0.1) is 0 Å². The molecule has 0 spiro atoms. The van der Waals surface area contributed by atoms with Gasteiger partial charge in [0.15, 0.2) is 0 Å². The predicted octanol–water partition coefficient (Wildman–Crippen LogP) is 0.166. The van der Waals surface area contributed by atoms with E-state index < -0.39 is 0 Å². The normalized spacial score (nSPS) is 26.1. The molecule has 2 atom stereocenters. The van der Waals surface area contributed by atoms with Gasteiger partial charge in [0.05, 0.1) is 24.1 Å². The van der Waals surface area contributed by atoms with Gasteiger partial charge in [-0.25, -0.2) is 4.68 Å². The van der Waals surface area contributed by atoms with Crippen molar-refractivity contribution in [3.8, 4) is 0 Å². The number of carbonyl (C=O) groups excluding carboxylic acids is 1. The van der Waals surface area contributed by atoms with Crippen molar-refractivity contribution in [1.82, 2.24) is 25.2 Å². The van der Waals surface area contributed by atoms with Crippen LogP contribution in [0.5, 0.6) is 0 Å². The van der Waals surface area contributed by atoms with Crippen molar-refractivity contribution in [2.75, 3.05) is 13.1 Å². The molecule has 21 heavy (non-hydrogen) atoms. The first-order valence-corrected chi connectivity index (χ1v) is 7.66. The van der Waals surface area contributed by atoms with E-state index in [4.69, 9.17) is 4.74 Å². The Morgan fingerprint density at radius 2 is 2.10 bits per heavy atom. The van der Waals surface area contributed by atoms with E-state index in [0.29, 0.717) is 19.1 Å². The Kier molecular flexibility index (Phi) is 4.21. The summed E-state index contributed by atoms with van der Waals surface area (Å²) in [6.45, 7) is 6.25. The molecule has 7 nitrogen and oxygen atoms in total. The molecule has 1 N–H and O–H groups in total. The largest absolute Gasteiger partial charge is 0.372 e. The molecule has 1 aliphatic heterocycles. The number of hydrogen-bond acceptors (Lipinski definition) is 5. The molecule has 7 heteroatoms. The van der Waals surface area contributed by atoms with Crippen molar-refractivity contribution in [2.24, 2.45) is 0 Å². The van der Waals surface area contributed by atoms with Gasteiger partial charge in [-0.3, -0.25) is 4.79 Å². The summed E-state index contributed by atoms with van der Waals surface area (Å²) in [5.74, 6) is 0.0728. The fourth-order valence-corrected chi connectivity index (χ4v) is 2.65. The third-order valence-corrected chi connectivity index (χ3v) is 3.80. The highest BCUT2D eigenvalue weighted by molar-refractivity contribution is 5.76. The van der Waals surface area contributed by atoms with Gasteiger partial charge in [0, 0.05) is 25.7 Å². The third kappa shape index (κ3) is 4.01. The highest BCUT2D eigenvalue weighted by atomic mass is 16.5. The van der Waals surface area contributed by atoms with Gasteiger partial charge in [0.1, 0.15) is 6.54 Å². The Morgan fingerprint density at radius 1 is 1.38 bits per heavy atom. The van der Waals surface area contributed by atoms with Gasteiger partial charge in [0.25, 0.3) is 0 Å². The smallest absolute Gasteiger partial charge is 0.244 e. The van der Waals surface area contributed by atoms with E-state index in [9.17, 15) is 4.79 Å². The average Bonchev–Trinajstić information content (AvgIpc) is 3.15. The van der Waals surface area contributed by atoms with Crippen LogP contribution in [0.25, 0.3) is 0 Å². The van der Waals surface area contributed by atoms with Crippen LogP contribution in [0.1, 0.15) is 32.4 Å². The monoisotopic (exact) mass is 293 g/mol. The van der Waals surface area contributed by atoms with E-state index in [1.165, 1.54) is 12.8 Å². The molecule has 1 aromatic rings. The van der Waals surface area contributed by atoms with Crippen molar-refractivity contribution in [1.29, 1.82) is 0 Å². The number of nitrogens with zero attached hydrogens (tertiary/aromatic N) is 4. The number of hydrogen-bond donors (Lipinski definition) is 1. The summed E-state index contributed by atoms with van der Waals surface area (Å²) < 4.78 is 7.27. The van der Waals surface area contributed by atoms with Crippen molar-refractivity contribution in [3.05, 3.63) is 11.9 Å². The molecular weight excluding hydrogens is 270 g/mol. The van der Waals surface area contributed by atoms with Crippen molar-refractivity contribution in [3.63, 3.8) is 0 Å². The Labute approximate surface area is 124 Å². The molecule has 1 amide bonds. The Hall–Kier alpha value is -1.47. The van der Waals surface area contributed by atoms with Gasteiger partial charge in [-0.2, -0.15) is 0 Å². The number of carbonyl (C=O) groups is 1. The molecule has 116 valence electrons. The fraction of sp³-hybridized carbons (Fsp3) is 0.786. The van der Waals surface area contributed by atoms with Crippen LogP contribution in [0.15, 0.2) is 6.20 Å². The SMILES string of the molecule is CC1CN(C(=O)Cn2cc(CNC3CC3)nn2)CC(C)O1.